The Hall–Kier alpha value is -12.0. The summed E-state index contributed by atoms with van der Waals surface area (Å²) >= 11 is 0. The predicted octanol–water partition coefficient (Wildman–Crippen LogP) is -4.06. The van der Waals surface area contributed by atoms with E-state index in [4.69, 9.17) is 39.7 Å². The number of likely N-dealkylation sites (tertiary alicyclic amines) is 2. The zero-order chi connectivity index (χ0) is 89.0. The van der Waals surface area contributed by atoms with Crippen LogP contribution in [0.4, 0.5) is 0 Å². The Morgan fingerprint density at radius 2 is 0.917 bits per heavy atom. The van der Waals surface area contributed by atoms with Crippen molar-refractivity contribution in [2.24, 2.45) is 46.6 Å². The fraction of sp³-hybridized carbons (Fsp3) is 0.615. The van der Waals surface area contributed by atoms with Crippen molar-refractivity contribution in [2.75, 3.05) is 32.7 Å². The van der Waals surface area contributed by atoms with Crippen molar-refractivity contribution in [2.45, 2.75) is 255 Å². The smallest absolute Gasteiger partial charge is 0.347 e. The molecule has 3 aliphatic rings. The number of nitrogens with zero attached hydrogens (tertiary/aromatic N) is 2. The van der Waals surface area contributed by atoms with Crippen molar-refractivity contribution in [1.82, 2.24) is 78.9 Å². The van der Waals surface area contributed by atoms with Crippen LogP contribution in [0.25, 0.3) is 0 Å². The number of carboxylic acids is 1. The molecule has 5 rings (SSSR count). The molecule has 3 saturated heterocycles. The third kappa shape index (κ3) is 32.7. The molecule has 14 atom stereocenters. The van der Waals surface area contributed by atoms with E-state index in [9.17, 15) is 82.4 Å². The number of benzene rings is 2. The number of aromatic hydroxyl groups is 2. The lowest BCUT2D eigenvalue weighted by molar-refractivity contribution is -0.149. The monoisotopic (exact) mass is 1690 g/mol. The number of nitrogens with one attached hydrogen (secondary N) is 15. The number of phenolic OH excluding ortho intramolecular Hbond substituents is 2. The first-order valence-corrected chi connectivity index (χ1v) is 40.6. The topological polar surface area (TPSA) is 684 Å². The lowest BCUT2D eigenvalue weighted by Gasteiger charge is -2.32. The number of amides is 14. The van der Waals surface area contributed by atoms with Gasteiger partial charge >= 0.3 is 11.9 Å². The van der Waals surface area contributed by atoms with Gasteiger partial charge in [-0.1, -0.05) is 72.2 Å². The van der Waals surface area contributed by atoms with Crippen molar-refractivity contribution in [3.8, 4) is 11.5 Å². The summed E-state index contributed by atoms with van der Waals surface area (Å²) in [5.41, 5.74) is 23.5. The normalized spacial score (nSPS) is 17.7. The van der Waals surface area contributed by atoms with Crippen LogP contribution in [0.5, 0.6) is 11.5 Å². The fourth-order valence-electron chi connectivity index (χ4n) is 14.1. The van der Waals surface area contributed by atoms with Gasteiger partial charge in [-0.05, 0) is 156 Å². The molecule has 0 aromatic heterocycles. The molecule has 28 N–H and O–H groups in total. The number of nitrogens with two attached hydrogens (primary N) is 5. The maximum atomic E-state index is 15.2. The minimum absolute atomic E-state index is 0.000948. The number of hydrogen-bond donors (Lipinski definition) is 23. The van der Waals surface area contributed by atoms with Crippen LogP contribution in [0.1, 0.15) is 175 Å². The van der Waals surface area contributed by atoms with E-state index in [1.54, 1.807) is 27.7 Å². The Morgan fingerprint density at radius 3 is 1.38 bits per heavy atom. The van der Waals surface area contributed by atoms with Gasteiger partial charge in [0.25, 0.3) is 0 Å². The van der Waals surface area contributed by atoms with E-state index in [0.29, 0.717) is 24.0 Å². The Balaban J connectivity index is 1.41. The number of carbonyl (C=O) groups is 16. The zero-order valence-electron chi connectivity index (χ0n) is 68.8. The van der Waals surface area contributed by atoms with Crippen LogP contribution in [0.2, 0.25) is 0 Å². The molecule has 0 radical (unpaired) electrons. The Labute approximate surface area is 695 Å². The van der Waals surface area contributed by atoms with Crippen molar-refractivity contribution in [3.63, 3.8) is 0 Å². The lowest BCUT2D eigenvalue weighted by atomic mass is 9.96. The van der Waals surface area contributed by atoms with Gasteiger partial charge in [-0.15, -0.1) is 0 Å². The maximum absolute atomic E-state index is 15.2. The summed E-state index contributed by atoms with van der Waals surface area (Å²) in [6.45, 7) is 10.7. The number of guanidine groups is 2. The molecular formula is C78H122N22O20. The van der Waals surface area contributed by atoms with Gasteiger partial charge in [0.2, 0.25) is 82.7 Å². The number of hydrogen-bond acceptors (Lipinski definition) is 23. The van der Waals surface area contributed by atoms with E-state index in [1.807, 2.05) is 13.8 Å². The number of carboxylic acid groups (broad SMARTS) is 1. The highest BCUT2D eigenvalue weighted by atomic mass is 16.7. The molecule has 0 saturated carbocycles. The lowest BCUT2D eigenvalue weighted by Crippen LogP contribution is -2.61. The molecule has 2 aromatic rings. The van der Waals surface area contributed by atoms with E-state index >= 15 is 9.59 Å². The first kappa shape index (κ1) is 98.6. The van der Waals surface area contributed by atoms with Crippen LogP contribution in [0.3, 0.4) is 0 Å². The van der Waals surface area contributed by atoms with Gasteiger partial charge in [-0.2, -0.15) is 5.90 Å². The quantitative estimate of drug-likeness (QED) is 0.0130. The van der Waals surface area contributed by atoms with Crippen molar-refractivity contribution in [3.05, 3.63) is 59.7 Å². The van der Waals surface area contributed by atoms with Gasteiger partial charge in [0.15, 0.2) is 11.9 Å². The van der Waals surface area contributed by atoms with E-state index in [0.717, 1.165) is 4.90 Å². The summed E-state index contributed by atoms with van der Waals surface area (Å²) in [6, 6.07) is -7.29. The number of rotatable bonds is 50. The molecule has 0 aliphatic carbocycles. The van der Waals surface area contributed by atoms with Crippen LogP contribution in [-0.4, -0.2) is 243 Å². The first-order valence-electron chi connectivity index (χ1n) is 40.6. The second-order valence-electron chi connectivity index (χ2n) is 31.3. The molecule has 2 aromatic carbocycles. The van der Waals surface area contributed by atoms with Crippen molar-refractivity contribution in [1.29, 1.82) is 10.8 Å². The number of aliphatic carboxylic acids is 1. The number of unbranched alkanes of at least 4 members (excludes halogenated alkanes) is 1. The molecule has 42 heteroatoms. The number of carbonyl (C=O) groups excluding carboxylic acids is 15. The summed E-state index contributed by atoms with van der Waals surface area (Å²) < 4.78 is 0. The summed E-state index contributed by atoms with van der Waals surface area (Å²) in [7, 11) is 0. The molecule has 14 unspecified atom stereocenters. The second kappa shape index (κ2) is 49.4. The third-order valence-corrected chi connectivity index (χ3v) is 20.7. The largest absolute Gasteiger partial charge is 0.508 e. The molecule has 3 heterocycles. The molecule has 0 spiro atoms. The van der Waals surface area contributed by atoms with Crippen molar-refractivity contribution < 1.29 is 96.9 Å². The highest BCUT2D eigenvalue weighted by Gasteiger charge is 2.44. The van der Waals surface area contributed by atoms with Crippen LogP contribution < -0.4 is 97.9 Å². The van der Waals surface area contributed by atoms with Gasteiger partial charge in [0, 0.05) is 51.9 Å². The fourth-order valence-corrected chi connectivity index (χ4v) is 14.1. The van der Waals surface area contributed by atoms with E-state index in [2.05, 4.69) is 74.0 Å². The highest BCUT2D eigenvalue weighted by molar-refractivity contribution is 6.01. The summed E-state index contributed by atoms with van der Waals surface area (Å²) in [4.78, 5) is 231. The average molecular weight is 1690 g/mol. The Bertz CT molecular complexity index is 3910. The summed E-state index contributed by atoms with van der Waals surface area (Å²) in [6.07, 6.45) is -1.39. The van der Waals surface area contributed by atoms with Crippen LogP contribution in [0.15, 0.2) is 48.5 Å². The molecular weight excluding hydrogens is 1560 g/mol. The second-order valence-corrected chi connectivity index (χ2v) is 31.3. The average Bonchev–Trinajstić information content (AvgIpc) is 1.62. The standard InChI is InChI=1S/C78H122N22O20/c1-7-43(6)63(73(116)97-57(37-42(4)5)76(119)120-85)98-70(113)55(39-45-21-25-47(102)26-22-45)96-72(115)59-18-13-35-100(59)75(118)52(16-11-33-87-78(83)84)91-64(107)48(15-10-32-86-77(81)82)90-71(114)58-17-12-34-99(58)74(117)51(14-8-9-31-79)92-69(112)56(40-60(80)103)95-66(109)50(28-30-62(105)106)89-68(111)54(38-44-19-23-46(101)24-20-44)94-67(110)53(36-41(2)3)93-65(108)49-27-29-61(104)88-49/h19-26,41-43,48-59,63,101-102H,7-18,27-40,79,85H2,1-6H3,(H2,80,103)(H,88,104)(H,89,111)(H,90,114)(H,91,107)(H,92,112)(H,93,108)(H,94,110)(H,95,109)(H,96,115)(H,97,116)(H,98,113)(H,105,106)(H4,81,82,86)(H4,83,84,87). The van der Waals surface area contributed by atoms with Crippen LogP contribution >= 0.6 is 0 Å². The summed E-state index contributed by atoms with van der Waals surface area (Å²) in [5, 5.41) is 79.6. The van der Waals surface area contributed by atoms with Gasteiger partial charge in [0.05, 0.1) is 6.42 Å². The highest BCUT2D eigenvalue weighted by Crippen LogP contribution is 2.25. The zero-order valence-corrected chi connectivity index (χ0v) is 68.8. The molecule has 120 heavy (non-hydrogen) atoms. The van der Waals surface area contributed by atoms with Crippen LogP contribution in [-0.2, 0) is 94.4 Å². The molecule has 14 amide bonds. The molecule has 3 aliphatic heterocycles. The third-order valence-electron chi connectivity index (χ3n) is 20.7. The van der Waals surface area contributed by atoms with Crippen LogP contribution in [0, 0.1) is 28.6 Å². The Morgan fingerprint density at radius 1 is 0.508 bits per heavy atom. The summed E-state index contributed by atoms with van der Waals surface area (Å²) in [5.74, 6) is -11.4. The minimum Gasteiger partial charge on any atom is -0.508 e. The van der Waals surface area contributed by atoms with Gasteiger partial charge in [-0.25, -0.2) is 4.79 Å². The van der Waals surface area contributed by atoms with E-state index in [1.165, 1.54) is 53.4 Å². The number of primary amides is 1. The minimum atomic E-state index is -1.93. The predicted molar refractivity (Wildman–Crippen MR) is 434 cm³/mol. The Kier molecular flexibility index (Phi) is 40.6. The maximum Gasteiger partial charge on any atom is 0.347 e. The molecule has 3 fully saturated rings. The van der Waals surface area contributed by atoms with Crippen molar-refractivity contribution >= 4 is 107 Å². The molecule has 0 bridgehead atoms. The van der Waals surface area contributed by atoms with E-state index in [-0.39, 0.29) is 165 Å². The van der Waals surface area contributed by atoms with E-state index < -0.39 is 204 Å². The van der Waals surface area contributed by atoms with Gasteiger partial charge in [0.1, 0.15) is 90.0 Å². The van der Waals surface area contributed by atoms with Gasteiger partial charge in [-0.3, -0.25) is 82.7 Å². The van der Waals surface area contributed by atoms with Gasteiger partial charge < -0.3 is 122 Å². The molecule has 664 valence electrons. The SMILES string of the molecule is CCC(C)C(NC(=O)C(Cc1ccc(O)cc1)NC(=O)C1CCCN1C(=O)C(CCCNC(=N)N)NC(=O)C(CCCNC(=N)N)NC(=O)C1CCCN1C(=O)C(CCCCN)NC(=O)C(CC(N)=O)NC(=O)C(CCC(=O)O)NC(=O)C(Cc1ccc(O)cc1)NC(=O)C(CC(C)C)NC(=O)C1CCC(=O)N1)C(=O)NC(CC(C)C)C(=O)ON. The molecule has 42 nitrogen and oxygen atoms in total. The number of phenols is 2. The first-order chi connectivity index (χ1) is 56.8.